The Bertz CT molecular complexity index is 1110. The monoisotopic (exact) mass is 384 g/mol. The number of non-ortho nitro benzene ring substituents is 1. The van der Waals surface area contributed by atoms with E-state index in [0.717, 1.165) is 32.2 Å². The highest BCUT2D eigenvalue weighted by Crippen LogP contribution is 2.35. The number of hydrogen-bond donors (Lipinski definition) is 0. The second-order valence-corrected chi connectivity index (χ2v) is 7.59. The van der Waals surface area contributed by atoms with Crippen molar-refractivity contribution in [1.82, 2.24) is 25.2 Å². The number of thiazole rings is 1. The molecule has 0 N–H and O–H groups in total. The van der Waals surface area contributed by atoms with Crippen molar-refractivity contribution in [2.45, 2.75) is 22.8 Å². The molecule has 0 amide bonds. The molecule has 0 bridgehead atoms. The Hall–Kier alpha value is -2.85. The molecule has 0 aliphatic heterocycles. The maximum absolute atomic E-state index is 10.9. The summed E-state index contributed by atoms with van der Waals surface area (Å²) in [5, 5.41) is 23.5. The number of fused-ring (bicyclic) bond motifs is 1. The summed E-state index contributed by atoms with van der Waals surface area (Å²) in [4.78, 5) is 15.0. The van der Waals surface area contributed by atoms with Crippen LogP contribution in [0, 0.1) is 10.1 Å². The minimum absolute atomic E-state index is 0.0550. The molecule has 4 rings (SSSR count). The molecule has 10 heteroatoms. The third kappa shape index (κ3) is 3.04. The molecule has 0 atom stereocenters. The summed E-state index contributed by atoms with van der Waals surface area (Å²) in [6.45, 7) is 2.08. The second kappa shape index (κ2) is 6.81. The molecule has 0 radical (unpaired) electrons. The summed E-state index contributed by atoms with van der Waals surface area (Å²) in [5.74, 6) is 0. The fourth-order valence-electron chi connectivity index (χ4n) is 2.54. The van der Waals surface area contributed by atoms with E-state index in [1.807, 2.05) is 24.3 Å². The van der Waals surface area contributed by atoms with Gasteiger partial charge in [-0.15, -0.1) is 16.4 Å². The molecule has 130 valence electrons. The zero-order valence-corrected chi connectivity index (χ0v) is 15.2. The van der Waals surface area contributed by atoms with Gasteiger partial charge in [0.05, 0.1) is 20.8 Å². The van der Waals surface area contributed by atoms with Gasteiger partial charge in [-0.3, -0.25) is 10.1 Å². The lowest BCUT2D eigenvalue weighted by atomic mass is 10.1. The van der Waals surface area contributed by atoms with Crippen LogP contribution in [0.25, 0.3) is 15.9 Å². The van der Waals surface area contributed by atoms with Crippen molar-refractivity contribution in [3.63, 3.8) is 0 Å². The Labute approximate surface area is 156 Å². The van der Waals surface area contributed by atoms with Crippen molar-refractivity contribution in [2.75, 3.05) is 0 Å². The van der Waals surface area contributed by atoms with Gasteiger partial charge in [-0.25, -0.2) is 4.98 Å². The summed E-state index contributed by atoms with van der Waals surface area (Å²) in [5.41, 5.74) is 2.84. The molecule has 0 aliphatic rings. The minimum Gasteiger partial charge on any atom is -0.258 e. The Morgan fingerprint density at radius 2 is 2.12 bits per heavy atom. The summed E-state index contributed by atoms with van der Waals surface area (Å²) in [7, 11) is 0. The van der Waals surface area contributed by atoms with Crippen LogP contribution in [0.5, 0.6) is 0 Å². The normalized spacial score (nSPS) is 11.1. The number of nitrogens with zero attached hydrogens (tertiary/aromatic N) is 6. The van der Waals surface area contributed by atoms with Crippen molar-refractivity contribution in [3.8, 4) is 5.69 Å². The van der Waals surface area contributed by atoms with Gasteiger partial charge in [-0.05, 0) is 46.3 Å². The third-order valence-electron chi connectivity index (χ3n) is 3.78. The van der Waals surface area contributed by atoms with Crippen LogP contribution in [0.3, 0.4) is 0 Å². The van der Waals surface area contributed by atoms with Gasteiger partial charge >= 0.3 is 0 Å². The Balaban J connectivity index is 1.70. The third-order valence-corrected chi connectivity index (χ3v) is 5.80. The van der Waals surface area contributed by atoms with E-state index in [1.54, 1.807) is 10.7 Å². The molecule has 26 heavy (non-hydrogen) atoms. The highest BCUT2D eigenvalue weighted by atomic mass is 32.2. The summed E-state index contributed by atoms with van der Waals surface area (Å²) < 4.78 is 3.18. The molecule has 0 spiro atoms. The molecule has 4 aromatic rings. The van der Waals surface area contributed by atoms with E-state index in [-0.39, 0.29) is 5.69 Å². The first kappa shape index (κ1) is 16.6. The maximum Gasteiger partial charge on any atom is 0.270 e. The van der Waals surface area contributed by atoms with Crippen LogP contribution in [0.4, 0.5) is 5.69 Å². The lowest BCUT2D eigenvalue weighted by molar-refractivity contribution is -0.384. The number of rotatable bonds is 5. The zero-order valence-electron chi connectivity index (χ0n) is 13.6. The molecule has 0 aliphatic carbocycles. The SMILES string of the molecule is CCc1ccccc1-n1nnnc1Sc1nc2ccc([N+](=O)[O-])cc2s1. The molecular weight excluding hydrogens is 372 g/mol. The van der Waals surface area contributed by atoms with E-state index in [9.17, 15) is 10.1 Å². The Morgan fingerprint density at radius 1 is 1.27 bits per heavy atom. The molecule has 0 saturated carbocycles. The van der Waals surface area contributed by atoms with Crippen LogP contribution in [-0.2, 0) is 6.42 Å². The molecule has 0 saturated heterocycles. The molecular formula is C16H12N6O2S2. The molecule has 8 nitrogen and oxygen atoms in total. The average molecular weight is 384 g/mol. The fourth-order valence-corrected chi connectivity index (χ4v) is 4.53. The lowest BCUT2D eigenvalue weighted by Gasteiger charge is -2.07. The number of benzene rings is 2. The number of aryl methyl sites for hydroxylation is 1. The highest BCUT2D eigenvalue weighted by Gasteiger charge is 2.16. The number of hydrogen-bond acceptors (Lipinski definition) is 8. The Kier molecular flexibility index (Phi) is 4.35. The van der Waals surface area contributed by atoms with Crippen molar-refractivity contribution in [2.24, 2.45) is 0 Å². The predicted molar refractivity (Wildman–Crippen MR) is 98.9 cm³/mol. The molecule has 0 fully saturated rings. The fraction of sp³-hybridized carbons (Fsp3) is 0.125. The standard InChI is InChI=1S/C16H12N6O2S2/c1-2-10-5-3-4-6-13(10)21-15(18-19-20-21)26-16-17-12-8-7-11(22(23)24)9-14(12)25-16/h3-9H,2H2,1H3. The van der Waals surface area contributed by atoms with E-state index in [0.29, 0.717) is 5.16 Å². The first-order valence-electron chi connectivity index (χ1n) is 7.75. The first-order valence-corrected chi connectivity index (χ1v) is 9.38. The van der Waals surface area contributed by atoms with Gasteiger partial charge in [-0.2, -0.15) is 4.68 Å². The van der Waals surface area contributed by atoms with Crippen LogP contribution >= 0.6 is 23.1 Å². The van der Waals surface area contributed by atoms with E-state index in [1.165, 1.54) is 35.2 Å². The second-order valence-electron chi connectivity index (χ2n) is 5.35. The number of para-hydroxylation sites is 1. The molecule has 0 unspecified atom stereocenters. The number of nitro benzene ring substituents is 1. The summed E-state index contributed by atoms with van der Waals surface area (Å²) >= 11 is 2.72. The van der Waals surface area contributed by atoms with Crippen LogP contribution in [-0.4, -0.2) is 30.1 Å². The number of nitro groups is 1. The topological polar surface area (TPSA) is 99.6 Å². The van der Waals surface area contributed by atoms with Gasteiger partial charge in [0.15, 0.2) is 4.34 Å². The van der Waals surface area contributed by atoms with Crippen molar-refractivity contribution >= 4 is 39.0 Å². The largest absolute Gasteiger partial charge is 0.270 e. The first-order chi connectivity index (χ1) is 12.7. The van der Waals surface area contributed by atoms with Gasteiger partial charge in [0.25, 0.3) is 5.69 Å². The van der Waals surface area contributed by atoms with Gasteiger partial charge in [0.2, 0.25) is 5.16 Å². The quantitative estimate of drug-likeness (QED) is 0.380. The van der Waals surface area contributed by atoms with Gasteiger partial charge < -0.3 is 0 Å². The van der Waals surface area contributed by atoms with Crippen LogP contribution < -0.4 is 0 Å². The summed E-state index contributed by atoms with van der Waals surface area (Å²) in [6, 6.07) is 12.6. The lowest BCUT2D eigenvalue weighted by Crippen LogP contribution is -2.02. The number of aromatic nitrogens is 5. The molecule has 2 aromatic carbocycles. The van der Waals surface area contributed by atoms with Gasteiger partial charge in [-0.1, -0.05) is 25.1 Å². The van der Waals surface area contributed by atoms with Crippen molar-refractivity contribution < 1.29 is 4.92 Å². The van der Waals surface area contributed by atoms with E-state index >= 15 is 0 Å². The smallest absolute Gasteiger partial charge is 0.258 e. The van der Waals surface area contributed by atoms with Crippen LogP contribution in [0.2, 0.25) is 0 Å². The van der Waals surface area contributed by atoms with E-state index in [2.05, 4.69) is 27.4 Å². The summed E-state index contributed by atoms with van der Waals surface area (Å²) in [6.07, 6.45) is 0.866. The average Bonchev–Trinajstić information content (AvgIpc) is 3.27. The van der Waals surface area contributed by atoms with Gasteiger partial charge in [0.1, 0.15) is 0 Å². The highest BCUT2D eigenvalue weighted by molar-refractivity contribution is 8.01. The van der Waals surface area contributed by atoms with E-state index < -0.39 is 4.92 Å². The van der Waals surface area contributed by atoms with Crippen LogP contribution in [0.1, 0.15) is 12.5 Å². The van der Waals surface area contributed by atoms with Crippen LogP contribution in [0.15, 0.2) is 52.0 Å². The maximum atomic E-state index is 10.9. The van der Waals surface area contributed by atoms with E-state index in [4.69, 9.17) is 0 Å². The minimum atomic E-state index is -0.409. The predicted octanol–water partition coefficient (Wildman–Crippen LogP) is 3.89. The van der Waals surface area contributed by atoms with Gasteiger partial charge in [0, 0.05) is 12.1 Å². The molecule has 2 heterocycles. The zero-order chi connectivity index (χ0) is 18.1. The Morgan fingerprint density at radius 3 is 2.92 bits per heavy atom. The van der Waals surface area contributed by atoms with Crippen molar-refractivity contribution in [3.05, 3.63) is 58.1 Å². The molecule has 2 aromatic heterocycles. The number of tetrazole rings is 1. The van der Waals surface area contributed by atoms with Crippen molar-refractivity contribution in [1.29, 1.82) is 0 Å².